The zero-order valence-corrected chi connectivity index (χ0v) is 15.0. The first-order chi connectivity index (χ1) is 11.4. The first-order valence-corrected chi connectivity index (χ1v) is 9.14. The first kappa shape index (κ1) is 18.1. The lowest BCUT2D eigenvalue weighted by molar-refractivity contribution is 0.412. The van der Waals surface area contributed by atoms with E-state index in [1.54, 1.807) is 32.3 Å². The monoisotopic (exact) mass is 343 g/mol. The second-order valence-corrected chi connectivity index (χ2v) is 7.71. The van der Waals surface area contributed by atoms with Crippen molar-refractivity contribution < 1.29 is 8.42 Å². The zero-order valence-electron chi connectivity index (χ0n) is 14.2. The molecule has 24 heavy (non-hydrogen) atoms. The summed E-state index contributed by atoms with van der Waals surface area (Å²) in [5.41, 5.74) is 3.27. The Labute approximate surface area is 143 Å². The molecule has 0 spiro atoms. The van der Waals surface area contributed by atoms with Gasteiger partial charge in [0.1, 0.15) is 0 Å². The summed E-state index contributed by atoms with van der Waals surface area (Å²) in [6, 6.07) is 9.36. The fourth-order valence-electron chi connectivity index (χ4n) is 2.86. The standard InChI is InChI=1S/C18H21N3O2S/c1-14-10-15(2)18(16(3)11-14)24(22,23)21(9-5-7-19)13-17-6-4-8-20-12-17/h4,6,8,10-12H,5,9,13H2,1-3H3. The van der Waals surface area contributed by atoms with Gasteiger partial charge in [0, 0.05) is 31.9 Å². The molecule has 0 amide bonds. The van der Waals surface area contributed by atoms with Crippen LogP contribution in [0, 0.1) is 32.1 Å². The molecule has 2 rings (SSSR count). The SMILES string of the molecule is Cc1cc(C)c(S(=O)(=O)N(CCC#N)Cc2cccnc2)c(C)c1. The summed E-state index contributed by atoms with van der Waals surface area (Å²) in [4.78, 5) is 4.36. The summed E-state index contributed by atoms with van der Waals surface area (Å²) in [6.45, 7) is 5.91. The minimum absolute atomic E-state index is 0.142. The van der Waals surface area contributed by atoms with Gasteiger partial charge in [-0.2, -0.15) is 9.57 Å². The van der Waals surface area contributed by atoms with E-state index in [1.807, 2.05) is 31.2 Å². The molecule has 0 unspecified atom stereocenters. The molecule has 0 aliphatic rings. The quantitative estimate of drug-likeness (QED) is 0.808. The third-order valence-corrected chi connectivity index (χ3v) is 5.91. The summed E-state index contributed by atoms with van der Waals surface area (Å²) in [7, 11) is -3.70. The number of nitriles is 1. The summed E-state index contributed by atoms with van der Waals surface area (Å²) < 4.78 is 27.7. The van der Waals surface area contributed by atoms with Gasteiger partial charge in [0.2, 0.25) is 10.0 Å². The lowest BCUT2D eigenvalue weighted by Gasteiger charge is -2.23. The highest BCUT2D eigenvalue weighted by molar-refractivity contribution is 7.89. The lowest BCUT2D eigenvalue weighted by atomic mass is 10.1. The first-order valence-electron chi connectivity index (χ1n) is 7.70. The predicted molar refractivity (Wildman–Crippen MR) is 92.7 cm³/mol. The highest BCUT2D eigenvalue weighted by Gasteiger charge is 2.27. The smallest absolute Gasteiger partial charge is 0.243 e. The van der Waals surface area contributed by atoms with E-state index in [0.29, 0.717) is 4.90 Å². The molecule has 0 saturated heterocycles. The van der Waals surface area contributed by atoms with Gasteiger partial charge in [-0.1, -0.05) is 23.8 Å². The number of nitrogens with zero attached hydrogens (tertiary/aromatic N) is 3. The Morgan fingerprint density at radius 3 is 2.42 bits per heavy atom. The van der Waals surface area contributed by atoms with Crippen molar-refractivity contribution in [3.8, 4) is 6.07 Å². The fourth-order valence-corrected chi connectivity index (χ4v) is 4.70. The number of sulfonamides is 1. The van der Waals surface area contributed by atoms with E-state index >= 15 is 0 Å². The number of rotatable bonds is 6. The summed E-state index contributed by atoms with van der Waals surface area (Å²) in [5, 5.41) is 8.88. The Morgan fingerprint density at radius 1 is 1.21 bits per heavy atom. The second kappa shape index (κ2) is 7.56. The molecular weight excluding hydrogens is 322 g/mol. The van der Waals surface area contributed by atoms with E-state index < -0.39 is 10.0 Å². The van der Waals surface area contributed by atoms with Crippen LogP contribution in [0.5, 0.6) is 0 Å². The van der Waals surface area contributed by atoms with Crippen LogP contribution < -0.4 is 0 Å². The highest BCUT2D eigenvalue weighted by Crippen LogP contribution is 2.26. The Morgan fingerprint density at radius 2 is 1.88 bits per heavy atom. The van der Waals surface area contributed by atoms with Crippen molar-refractivity contribution in [3.05, 3.63) is 58.9 Å². The van der Waals surface area contributed by atoms with Crippen molar-refractivity contribution in [2.24, 2.45) is 0 Å². The molecule has 0 aliphatic heterocycles. The maximum absolute atomic E-state index is 13.2. The Hall–Kier alpha value is -2.23. The molecule has 126 valence electrons. The van der Waals surface area contributed by atoms with Gasteiger partial charge in [-0.3, -0.25) is 4.98 Å². The molecule has 0 N–H and O–H groups in total. The van der Waals surface area contributed by atoms with E-state index in [0.717, 1.165) is 22.3 Å². The van der Waals surface area contributed by atoms with E-state index in [2.05, 4.69) is 4.98 Å². The molecule has 0 saturated carbocycles. The van der Waals surface area contributed by atoms with E-state index in [4.69, 9.17) is 5.26 Å². The van der Waals surface area contributed by atoms with Gasteiger partial charge < -0.3 is 0 Å². The van der Waals surface area contributed by atoms with Crippen LogP contribution in [-0.4, -0.2) is 24.3 Å². The number of benzene rings is 1. The van der Waals surface area contributed by atoms with Crippen LogP contribution in [-0.2, 0) is 16.6 Å². The van der Waals surface area contributed by atoms with Gasteiger partial charge in [-0.25, -0.2) is 8.42 Å². The summed E-state index contributed by atoms with van der Waals surface area (Å²) in [5.74, 6) is 0. The van der Waals surface area contributed by atoms with Crippen molar-refractivity contribution in [2.45, 2.75) is 38.6 Å². The van der Waals surface area contributed by atoms with Gasteiger partial charge in [0.25, 0.3) is 0 Å². The molecule has 0 fully saturated rings. The molecule has 1 aromatic heterocycles. The predicted octanol–water partition coefficient (Wildman–Crippen LogP) is 3.11. The van der Waals surface area contributed by atoms with Crippen LogP contribution in [0.25, 0.3) is 0 Å². The van der Waals surface area contributed by atoms with Crippen LogP contribution in [0.15, 0.2) is 41.6 Å². The minimum atomic E-state index is -3.70. The largest absolute Gasteiger partial charge is 0.264 e. The van der Waals surface area contributed by atoms with Crippen molar-refractivity contribution in [1.29, 1.82) is 5.26 Å². The fraction of sp³-hybridized carbons (Fsp3) is 0.333. The molecule has 1 heterocycles. The van der Waals surface area contributed by atoms with Crippen LogP contribution in [0.2, 0.25) is 0 Å². The number of aromatic nitrogens is 1. The number of pyridine rings is 1. The van der Waals surface area contributed by atoms with Gasteiger partial charge >= 0.3 is 0 Å². The minimum Gasteiger partial charge on any atom is -0.264 e. The lowest BCUT2D eigenvalue weighted by Crippen LogP contribution is -2.32. The maximum Gasteiger partial charge on any atom is 0.243 e. The van der Waals surface area contributed by atoms with Crippen LogP contribution in [0.4, 0.5) is 0 Å². The topological polar surface area (TPSA) is 74.1 Å². The van der Waals surface area contributed by atoms with Gasteiger partial charge in [0.15, 0.2) is 0 Å². The Balaban J connectivity index is 2.46. The number of hydrogen-bond donors (Lipinski definition) is 0. The summed E-state index contributed by atoms with van der Waals surface area (Å²) in [6.07, 6.45) is 3.43. The molecule has 2 aromatic rings. The normalized spacial score (nSPS) is 11.5. The Bertz CT molecular complexity index is 833. The van der Waals surface area contributed by atoms with Crippen LogP contribution in [0.3, 0.4) is 0 Å². The second-order valence-electron chi connectivity index (χ2n) is 5.84. The van der Waals surface area contributed by atoms with Gasteiger partial charge in [-0.05, 0) is 43.5 Å². The third-order valence-electron chi connectivity index (χ3n) is 3.76. The van der Waals surface area contributed by atoms with E-state index in [-0.39, 0.29) is 19.5 Å². The summed E-state index contributed by atoms with van der Waals surface area (Å²) >= 11 is 0. The number of hydrogen-bond acceptors (Lipinski definition) is 4. The molecular formula is C18H21N3O2S. The Kier molecular flexibility index (Phi) is 5.71. The van der Waals surface area contributed by atoms with Crippen molar-refractivity contribution >= 4 is 10.0 Å². The average molecular weight is 343 g/mol. The van der Waals surface area contributed by atoms with Crippen molar-refractivity contribution in [3.63, 3.8) is 0 Å². The third kappa shape index (κ3) is 3.99. The van der Waals surface area contributed by atoms with Crippen LogP contribution in [0.1, 0.15) is 28.7 Å². The molecule has 0 atom stereocenters. The zero-order chi connectivity index (χ0) is 17.7. The average Bonchev–Trinajstić information content (AvgIpc) is 2.51. The van der Waals surface area contributed by atoms with E-state index in [9.17, 15) is 8.42 Å². The van der Waals surface area contributed by atoms with E-state index in [1.165, 1.54) is 4.31 Å². The van der Waals surface area contributed by atoms with Crippen LogP contribution >= 0.6 is 0 Å². The maximum atomic E-state index is 13.2. The molecule has 0 aliphatic carbocycles. The number of aryl methyl sites for hydroxylation is 3. The molecule has 1 aromatic carbocycles. The molecule has 5 nitrogen and oxygen atoms in total. The van der Waals surface area contributed by atoms with Crippen molar-refractivity contribution in [1.82, 2.24) is 9.29 Å². The van der Waals surface area contributed by atoms with Crippen molar-refractivity contribution in [2.75, 3.05) is 6.54 Å². The van der Waals surface area contributed by atoms with Gasteiger partial charge in [-0.15, -0.1) is 0 Å². The highest BCUT2D eigenvalue weighted by atomic mass is 32.2. The molecule has 6 heteroatoms. The molecule has 0 bridgehead atoms. The van der Waals surface area contributed by atoms with Gasteiger partial charge in [0.05, 0.1) is 11.0 Å². The molecule has 0 radical (unpaired) electrons.